The van der Waals surface area contributed by atoms with E-state index in [2.05, 4.69) is 22.3 Å². The van der Waals surface area contributed by atoms with E-state index in [0.717, 1.165) is 38.2 Å². The van der Waals surface area contributed by atoms with E-state index in [-0.39, 0.29) is 17.7 Å². The van der Waals surface area contributed by atoms with Gasteiger partial charge in [-0.15, -0.1) is 0 Å². The summed E-state index contributed by atoms with van der Waals surface area (Å²) in [5, 5.41) is 3.02. The molecule has 0 aromatic heterocycles. The normalized spacial score (nSPS) is 21.6. The molecular weight excluding hydrogens is 314 g/mol. The van der Waals surface area contributed by atoms with Gasteiger partial charge in [-0.2, -0.15) is 0 Å². The van der Waals surface area contributed by atoms with Gasteiger partial charge in [0.25, 0.3) is 0 Å². The molecule has 2 amide bonds. The van der Waals surface area contributed by atoms with Crippen molar-refractivity contribution in [3.05, 3.63) is 24.3 Å². The SMILES string of the molecule is CC(=O)N1CCC[C@@H](C(=O)Nc2ccc(N3CCCCCC3)cc2)C1. The second-order valence-electron chi connectivity index (χ2n) is 7.24. The first kappa shape index (κ1) is 17.8. The van der Waals surface area contributed by atoms with E-state index in [1.54, 1.807) is 11.8 Å². The van der Waals surface area contributed by atoms with Crippen molar-refractivity contribution >= 4 is 23.2 Å². The van der Waals surface area contributed by atoms with E-state index in [1.807, 2.05) is 12.1 Å². The summed E-state index contributed by atoms with van der Waals surface area (Å²) in [5.41, 5.74) is 2.07. The summed E-state index contributed by atoms with van der Waals surface area (Å²) < 4.78 is 0. The highest BCUT2D eigenvalue weighted by Gasteiger charge is 2.27. The Morgan fingerprint density at radius 2 is 1.64 bits per heavy atom. The fourth-order valence-corrected chi connectivity index (χ4v) is 3.81. The predicted molar refractivity (Wildman–Crippen MR) is 101 cm³/mol. The third-order valence-electron chi connectivity index (χ3n) is 5.34. The quantitative estimate of drug-likeness (QED) is 0.916. The van der Waals surface area contributed by atoms with Crippen molar-refractivity contribution in [1.29, 1.82) is 0 Å². The number of carbonyl (C=O) groups excluding carboxylic acids is 2. The molecule has 1 aromatic carbocycles. The Balaban J connectivity index is 1.57. The maximum atomic E-state index is 12.5. The van der Waals surface area contributed by atoms with Crippen LogP contribution in [-0.4, -0.2) is 42.9 Å². The molecule has 0 aliphatic carbocycles. The zero-order valence-electron chi connectivity index (χ0n) is 15.2. The fourth-order valence-electron chi connectivity index (χ4n) is 3.81. The fraction of sp³-hybridized carbons (Fsp3) is 0.600. The van der Waals surface area contributed by atoms with Gasteiger partial charge in [0.15, 0.2) is 0 Å². The number of hydrogen-bond acceptors (Lipinski definition) is 3. The summed E-state index contributed by atoms with van der Waals surface area (Å²) in [6, 6.07) is 8.18. The van der Waals surface area contributed by atoms with Gasteiger partial charge in [-0.3, -0.25) is 9.59 Å². The minimum absolute atomic E-state index is 0.0217. The molecule has 2 aliphatic rings. The second-order valence-corrected chi connectivity index (χ2v) is 7.24. The Kier molecular flexibility index (Phi) is 5.95. The first-order valence-electron chi connectivity index (χ1n) is 9.55. The van der Waals surface area contributed by atoms with Crippen LogP contribution in [-0.2, 0) is 9.59 Å². The van der Waals surface area contributed by atoms with Crippen LogP contribution in [0.2, 0.25) is 0 Å². The van der Waals surface area contributed by atoms with Crippen molar-refractivity contribution < 1.29 is 9.59 Å². The van der Waals surface area contributed by atoms with E-state index in [4.69, 9.17) is 0 Å². The molecule has 0 spiro atoms. The third kappa shape index (κ3) is 4.74. The van der Waals surface area contributed by atoms with Crippen LogP contribution < -0.4 is 10.2 Å². The lowest BCUT2D eigenvalue weighted by atomic mass is 9.97. The number of benzene rings is 1. The molecule has 2 aliphatic heterocycles. The number of piperidine rings is 1. The lowest BCUT2D eigenvalue weighted by Gasteiger charge is -2.31. The number of hydrogen-bond donors (Lipinski definition) is 1. The molecule has 2 heterocycles. The highest BCUT2D eigenvalue weighted by Crippen LogP contribution is 2.23. The van der Waals surface area contributed by atoms with Crippen LogP contribution in [0.4, 0.5) is 11.4 Å². The van der Waals surface area contributed by atoms with Gasteiger partial charge in [0.05, 0.1) is 5.92 Å². The zero-order valence-corrected chi connectivity index (χ0v) is 15.2. The summed E-state index contributed by atoms with van der Waals surface area (Å²) in [6.07, 6.45) is 6.90. The minimum Gasteiger partial charge on any atom is -0.372 e. The first-order chi connectivity index (χ1) is 12.1. The van der Waals surface area contributed by atoms with Gasteiger partial charge in [0.1, 0.15) is 0 Å². The van der Waals surface area contributed by atoms with Crippen LogP contribution in [0.15, 0.2) is 24.3 Å². The number of amides is 2. The predicted octanol–water partition coefficient (Wildman–Crippen LogP) is 3.26. The number of nitrogens with zero attached hydrogens (tertiary/aromatic N) is 2. The number of carbonyl (C=O) groups is 2. The molecule has 0 saturated carbocycles. The van der Waals surface area contributed by atoms with Crippen molar-refractivity contribution in [3.63, 3.8) is 0 Å². The monoisotopic (exact) mass is 343 g/mol. The standard InChI is InChI=1S/C20H29N3O2/c1-16(24)23-14-6-7-17(15-23)20(25)21-18-8-10-19(11-9-18)22-12-4-2-3-5-13-22/h8-11,17H,2-7,12-15H2,1H3,(H,21,25)/t17-/m1/s1. The molecule has 2 saturated heterocycles. The summed E-state index contributed by atoms with van der Waals surface area (Å²) in [4.78, 5) is 28.2. The van der Waals surface area contributed by atoms with Gasteiger partial charge < -0.3 is 15.1 Å². The minimum atomic E-state index is -0.108. The summed E-state index contributed by atoms with van der Waals surface area (Å²) >= 11 is 0. The number of anilines is 2. The number of likely N-dealkylation sites (tertiary alicyclic amines) is 1. The topological polar surface area (TPSA) is 52.7 Å². The highest BCUT2D eigenvalue weighted by atomic mass is 16.2. The molecule has 0 bridgehead atoms. The Labute approximate surface area is 150 Å². The van der Waals surface area contributed by atoms with E-state index in [0.29, 0.717) is 6.54 Å². The maximum Gasteiger partial charge on any atom is 0.229 e. The molecule has 1 N–H and O–H groups in total. The van der Waals surface area contributed by atoms with Crippen LogP contribution in [0.25, 0.3) is 0 Å². The van der Waals surface area contributed by atoms with E-state index >= 15 is 0 Å². The molecular formula is C20H29N3O2. The van der Waals surface area contributed by atoms with Crippen molar-refractivity contribution in [2.45, 2.75) is 45.4 Å². The van der Waals surface area contributed by atoms with Crippen LogP contribution >= 0.6 is 0 Å². The summed E-state index contributed by atoms with van der Waals surface area (Å²) in [6.45, 7) is 5.11. The average molecular weight is 343 g/mol. The van der Waals surface area contributed by atoms with E-state index in [9.17, 15) is 9.59 Å². The van der Waals surface area contributed by atoms with E-state index in [1.165, 1.54) is 31.4 Å². The highest BCUT2D eigenvalue weighted by molar-refractivity contribution is 5.93. The molecule has 0 unspecified atom stereocenters. The van der Waals surface area contributed by atoms with Crippen molar-refractivity contribution in [2.75, 3.05) is 36.4 Å². The Hall–Kier alpha value is -2.04. The lowest BCUT2D eigenvalue weighted by Crippen LogP contribution is -2.42. The van der Waals surface area contributed by atoms with Gasteiger partial charge in [0, 0.05) is 44.5 Å². The molecule has 0 radical (unpaired) electrons. The molecule has 25 heavy (non-hydrogen) atoms. The van der Waals surface area contributed by atoms with Crippen LogP contribution in [0, 0.1) is 5.92 Å². The molecule has 1 aromatic rings. The lowest BCUT2D eigenvalue weighted by molar-refractivity contribution is -0.132. The second kappa shape index (κ2) is 8.37. The van der Waals surface area contributed by atoms with Crippen molar-refractivity contribution in [2.24, 2.45) is 5.92 Å². The zero-order chi connectivity index (χ0) is 17.6. The van der Waals surface area contributed by atoms with Crippen LogP contribution in [0.5, 0.6) is 0 Å². The largest absolute Gasteiger partial charge is 0.372 e. The smallest absolute Gasteiger partial charge is 0.229 e. The van der Waals surface area contributed by atoms with Crippen LogP contribution in [0.1, 0.15) is 45.4 Å². The summed E-state index contributed by atoms with van der Waals surface area (Å²) in [5.74, 6) is -0.0318. The first-order valence-corrected chi connectivity index (χ1v) is 9.55. The molecule has 5 heteroatoms. The molecule has 3 rings (SSSR count). The van der Waals surface area contributed by atoms with Gasteiger partial charge in [-0.25, -0.2) is 0 Å². The molecule has 1 atom stereocenters. The Morgan fingerprint density at radius 3 is 2.28 bits per heavy atom. The molecule has 5 nitrogen and oxygen atoms in total. The van der Waals surface area contributed by atoms with Crippen molar-refractivity contribution in [1.82, 2.24) is 4.90 Å². The maximum absolute atomic E-state index is 12.5. The van der Waals surface area contributed by atoms with Gasteiger partial charge in [0.2, 0.25) is 11.8 Å². The molecule has 136 valence electrons. The Bertz CT molecular complexity index is 591. The average Bonchev–Trinajstić information content (AvgIpc) is 2.92. The van der Waals surface area contributed by atoms with E-state index < -0.39 is 0 Å². The van der Waals surface area contributed by atoms with Gasteiger partial charge in [-0.05, 0) is 49.9 Å². The van der Waals surface area contributed by atoms with Gasteiger partial charge in [-0.1, -0.05) is 12.8 Å². The van der Waals surface area contributed by atoms with Crippen molar-refractivity contribution in [3.8, 4) is 0 Å². The number of rotatable bonds is 3. The van der Waals surface area contributed by atoms with Gasteiger partial charge >= 0.3 is 0 Å². The summed E-state index contributed by atoms with van der Waals surface area (Å²) in [7, 11) is 0. The molecule has 2 fully saturated rings. The Morgan fingerprint density at radius 1 is 0.960 bits per heavy atom. The van der Waals surface area contributed by atoms with Crippen LogP contribution in [0.3, 0.4) is 0 Å². The third-order valence-corrected chi connectivity index (χ3v) is 5.34. The number of nitrogens with one attached hydrogen (secondary N) is 1.